The second-order valence-corrected chi connectivity index (χ2v) is 8.06. The lowest BCUT2D eigenvalue weighted by atomic mass is 10.1. The van der Waals surface area contributed by atoms with E-state index in [1.54, 1.807) is 13.0 Å². The van der Waals surface area contributed by atoms with Gasteiger partial charge >= 0.3 is 5.97 Å². The number of aliphatic carboxylic acids is 1. The first-order valence-electron chi connectivity index (χ1n) is 8.49. The van der Waals surface area contributed by atoms with Crippen LogP contribution in [0.2, 0.25) is 0 Å². The Kier molecular flexibility index (Phi) is 6.74. The van der Waals surface area contributed by atoms with Crippen LogP contribution in [0.25, 0.3) is 0 Å². The van der Waals surface area contributed by atoms with Crippen LogP contribution >= 0.6 is 0 Å². The van der Waals surface area contributed by atoms with Crippen molar-refractivity contribution in [3.63, 3.8) is 0 Å². The molecule has 1 amide bonds. The largest absolute Gasteiger partial charge is 0.480 e. The molecule has 2 N–H and O–H groups in total. The Morgan fingerprint density at radius 2 is 1.96 bits per heavy atom. The van der Waals surface area contributed by atoms with Gasteiger partial charge in [-0.2, -0.15) is 4.31 Å². The van der Waals surface area contributed by atoms with Gasteiger partial charge in [0.05, 0.1) is 18.1 Å². The quantitative estimate of drug-likeness (QED) is 0.725. The minimum Gasteiger partial charge on any atom is -0.480 e. The van der Waals surface area contributed by atoms with Gasteiger partial charge in [0, 0.05) is 18.7 Å². The van der Waals surface area contributed by atoms with Crippen LogP contribution in [-0.2, 0) is 19.6 Å². The first-order chi connectivity index (χ1) is 12.3. The van der Waals surface area contributed by atoms with Gasteiger partial charge in [0.25, 0.3) is 5.91 Å². The van der Waals surface area contributed by atoms with Crippen molar-refractivity contribution in [2.24, 2.45) is 0 Å². The van der Waals surface area contributed by atoms with Crippen molar-refractivity contribution in [3.05, 3.63) is 29.3 Å². The summed E-state index contributed by atoms with van der Waals surface area (Å²) in [5.41, 5.74) is 0.640. The molecule has 1 heterocycles. The fourth-order valence-corrected chi connectivity index (χ4v) is 4.39. The van der Waals surface area contributed by atoms with Gasteiger partial charge in [0.2, 0.25) is 10.0 Å². The highest BCUT2D eigenvalue weighted by Crippen LogP contribution is 2.22. The summed E-state index contributed by atoms with van der Waals surface area (Å²) in [7, 11) is -3.75. The molecule has 1 aliphatic rings. The first kappa shape index (κ1) is 20.3. The zero-order chi connectivity index (χ0) is 19.3. The summed E-state index contributed by atoms with van der Waals surface area (Å²) >= 11 is 0. The van der Waals surface area contributed by atoms with E-state index in [0.29, 0.717) is 31.6 Å². The Morgan fingerprint density at radius 1 is 1.31 bits per heavy atom. The van der Waals surface area contributed by atoms with Gasteiger partial charge in [0.15, 0.2) is 0 Å². The van der Waals surface area contributed by atoms with Gasteiger partial charge in [-0.15, -0.1) is 0 Å². The average molecular weight is 384 g/mol. The highest BCUT2D eigenvalue weighted by Gasteiger charge is 2.29. The van der Waals surface area contributed by atoms with E-state index in [9.17, 15) is 18.0 Å². The van der Waals surface area contributed by atoms with Crippen LogP contribution < -0.4 is 5.32 Å². The van der Waals surface area contributed by atoms with Gasteiger partial charge in [-0.05, 0) is 31.0 Å². The predicted octanol–water partition coefficient (Wildman–Crippen LogP) is 0.999. The van der Waals surface area contributed by atoms with Gasteiger partial charge in [-0.3, -0.25) is 4.79 Å². The minimum atomic E-state index is -3.75. The molecule has 0 aromatic heterocycles. The molecule has 9 heteroatoms. The molecule has 0 bridgehead atoms. The molecule has 1 unspecified atom stereocenters. The normalized spacial score (nSPS) is 16.8. The van der Waals surface area contributed by atoms with E-state index in [0.717, 1.165) is 0 Å². The number of benzene rings is 1. The number of hydrogen-bond acceptors (Lipinski definition) is 5. The molecule has 1 fully saturated rings. The van der Waals surface area contributed by atoms with Crippen molar-refractivity contribution in [2.45, 2.75) is 37.6 Å². The number of carbonyl (C=O) groups excluding carboxylic acids is 1. The molecule has 0 aliphatic carbocycles. The number of rotatable bonds is 7. The Labute approximate surface area is 153 Å². The number of carboxylic acid groups (broad SMARTS) is 1. The molecule has 1 aliphatic heterocycles. The zero-order valence-electron chi connectivity index (χ0n) is 14.9. The Bertz CT molecular complexity index is 771. The molecule has 26 heavy (non-hydrogen) atoms. The van der Waals surface area contributed by atoms with Crippen molar-refractivity contribution in [1.82, 2.24) is 9.62 Å². The molecule has 0 radical (unpaired) electrons. The van der Waals surface area contributed by atoms with Crippen molar-refractivity contribution in [2.75, 3.05) is 26.3 Å². The lowest BCUT2D eigenvalue weighted by molar-refractivity contribution is -0.139. The topological polar surface area (TPSA) is 113 Å². The third-order valence-corrected chi connectivity index (χ3v) is 6.26. The van der Waals surface area contributed by atoms with E-state index >= 15 is 0 Å². The second kappa shape index (κ2) is 8.61. The maximum absolute atomic E-state index is 12.9. The number of ether oxygens (including phenoxy) is 1. The van der Waals surface area contributed by atoms with E-state index in [1.807, 2.05) is 6.92 Å². The van der Waals surface area contributed by atoms with Crippen LogP contribution in [0.4, 0.5) is 0 Å². The number of aryl methyl sites for hydroxylation is 1. The molecule has 0 spiro atoms. The number of sulfonamides is 1. The third-order valence-electron chi connectivity index (χ3n) is 4.22. The molecular weight excluding hydrogens is 360 g/mol. The predicted molar refractivity (Wildman–Crippen MR) is 94.6 cm³/mol. The van der Waals surface area contributed by atoms with Crippen LogP contribution in [0.3, 0.4) is 0 Å². The molecule has 144 valence electrons. The zero-order valence-corrected chi connectivity index (χ0v) is 15.7. The number of hydrogen-bond donors (Lipinski definition) is 2. The molecule has 8 nitrogen and oxygen atoms in total. The van der Waals surface area contributed by atoms with Crippen molar-refractivity contribution in [1.29, 1.82) is 0 Å². The standard InChI is InChI=1S/C17H24N2O6S/c1-3-4-14(17(21)22)18-16(20)13-6-5-12(2)15(11-13)26(23,24)19-7-9-25-10-8-19/h5-6,11,14H,3-4,7-10H2,1-2H3,(H,18,20)(H,21,22). The second-order valence-electron chi connectivity index (χ2n) is 6.15. The van der Waals surface area contributed by atoms with Crippen molar-refractivity contribution >= 4 is 21.9 Å². The molecule has 1 aromatic rings. The van der Waals surface area contributed by atoms with Gasteiger partial charge in [0.1, 0.15) is 6.04 Å². The fourth-order valence-electron chi connectivity index (χ4n) is 2.73. The van der Waals surface area contributed by atoms with E-state index in [2.05, 4.69) is 5.32 Å². The van der Waals surface area contributed by atoms with E-state index < -0.39 is 27.9 Å². The van der Waals surface area contributed by atoms with Crippen molar-refractivity contribution < 1.29 is 27.9 Å². The number of morpholine rings is 1. The highest BCUT2D eigenvalue weighted by atomic mass is 32.2. The first-order valence-corrected chi connectivity index (χ1v) is 9.93. The SMILES string of the molecule is CCCC(NC(=O)c1ccc(C)c(S(=O)(=O)N2CCOCC2)c1)C(=O)O. The number of nitrogens with zero attached hydrogens (tertiary/aromatic N) is 1. The Balaban J connectivity index is 2.28. The summed E-state index contributed by atoms with van der Waals surface area (Å²) in [5.74, 6) is -1.72. The summed E-state index contributed by atoms with van der Waals surface area (Å²) < 4.78 is 32.2. The van der Waals surface area contributed by atoms with E-state index in [-0.39, 0.29) is 23.5 Å². The molecule has 1 saturated heterocycles. The Morgan fingerprint density at radius 3 is 2.54 bits per heavy atom. The smallest absolute Gasteiger partial charge is 0.326 e. The number of amides is 1. The molecular formula is C17H24N2O6S. The van der Waals surface area contributed by atoms with Gasteiger partial charge in [-0.1, -0.05) is 19.4 Å². The van der Waals surface area contributed by atoms with Crippen LogP contribution in [0.5, 0.6) is 0 Å². The summed E-state index contributed by atoms with van der Waals surface area (Å²) in [4.78, 5) is 23.7. The van der Waals surface area contributed by atoms with Crippen LogP contribution in [0.15, 0.2) is 23.1 Å². The number of carboxylic acids is 1. The lowest BCUT2D eigenvalue weighted by Crippen LogP contribution is -2.41. The van der Waals surface area contributed by atoms with E-state index in [1.165, 1.54) is 16.4 Å². The summed E-state index contributed by atoms with van der Waals surface area (Å²) in [6.45, 7) is 4.66. The van der Waals surface area contributed by atoms with Crippen LogP contribution in [0.1, 0.15) is 35.7 Å². The lowest BCUT2D eigenvalue weighted by Gasteiger charge is -2.26. The van der Waals surface area contributed by atoms with Crippen LogP contribution in [-0.4, -0.2) is 62.1 Å². The fraction of sp³-hybridized carbons (Fsp3) is 0.529. The average Bonchev–Trinajstić information content (AvgIpc) is 2.62. The molecule has 1 atom stereocenters. The van der Waals surface area contributed by atoms with Crippen LogP contribution in [0, 0.1) is 6.92 Å². The molecule has 2 rings (SSSR count). The summed E-state index contributed by atoms with van der Waals surface area (Å²) in [6, 6.07) is 3.35. The highest BCUT2D eigenvalue weighted by molar-refractivity contribution is 7.89. The molecule has 1 aromatic carbocycles. The van der Waals surface area contributed by atoms with Gasteiger partial charge < -0.3 is 15.2 Å². The summed E-state index contributed by atoms with van der Waals surface area (Å²) in [5, 5.41) is 11.6. The van der Waals surface area contributed by atoms with Crippen molar-refractivity contribution in [3.8, 4) is 0 Å². The summed E-state index contributed by atoms with van der Waals surface area (Å²) in [6.07, 6.45) is 0.897. The molecule has 0 saturated carbocycles. The Hall–Kier alpha value is -1.97. The maximum Gasteiger partial charge on any atom is 0.326 e. The van der Waals surface area contributed by atoms with Gasteiger partial charge in [-0.25, -0.2) is 13.2 Å². The monoisotopic (exact) mass is 384 g/mol. The number of nitrogens with one attached hydrogen (secondary N) is 1. The maximum atomic E-state index is 12.9. The number of carbonyl (C=O) groups is 2. The third kappa shape index (κ3) is 4.60. The van der Waals surface area contributed by atoms with E-state index in [4.69, 9.17) is 9.84 Å². The minimum absolute atomic E-state index is 0.0504.